The van der Waals surface area contributed by atoms with Gasteiger partial charge < -0.3 is 10.1 Å². The molecule has 134 valence electrons. The highest BCUT2D eigenvalue weighted by Crippen LogP contribution is 2.18. The van der Waals surface area contributed by atoms with Crippen molar-refractivity contribution < 1.29 is 13.9 Å². The first kappa shape index (κ1) is 18.1. The van der Waals surface area contributed by atoms with Crippen LogP contribution in [-0.2, 0) is 19.4 Å². The second-order valence-electron chi connectivity index (χ2n) is 5.76. The van der Waals surface area contributed by atoms with Crippen molar-refractivity contribution in [3.63, 3.8) is 0 Å². The molecule has 0 bridgehead atoms. The molecule has 3 rings (SSSR count). The van der Waals surface area contributed by atoms with Crippen molar-refractivity contribution in [2.24, 2.45) is 0 Å². The van der Waals surface area contributed by atoms with Crippen molar-refractivity contribution in [1.82, 2.24) is 10.3 Å². The second-order valence-corrected chi connectivity index (χ2v) is 6.71. The fraction of sp³-hybridized carbons (Fsp3) is 0.200. The number of methoxy groups -OCH3 is 1. The number of hydrogen-bond donors (Lipinski definition) is 1. The van der Waals surface area contributed by atoms with E-state index < -0.39 is 5.82 Å². The number of aryl methyl sites for hydroxylation is 2. The van der Waals surface area contributed by atoms with Gasteiger partial charge in [0.25, 0.3) is 5.91 Å². The standard InChI is InChI=1S/C20H19FN2O2S/c1-25-18-9-7-15(11-16(18)21)12-22-20(24)17-13-26-19(23-17)10-8-14-5-3-2-4-6-14/h2-7,9,11,13H,8,10,12H2,1H3,(H,22,24). The highest BCUT2D eigenvalue weighted by Gasteiger charge is 2.11. The fourth-order valence-corrected chi connectivity index (χ4v) is 3.30. The molecule has 0 saturated heterocycles. The summed E-state index contributed by atoms with van der Waals surface area (Å²) < 4.78 is 18.6. The minimum absolute atomic E-state index is 0.183. The van der Waals surface area contributed by atoms with Crippen molar-refractivity contribution in [2.75, 3.05) is 7.11 Å². The van der Waals surface area contributed by atoms with Crippen LogP contribution >= 0.6 is 11.3 Å². The number of benzene rings is 2. The van der Waals surface area contributed by atoms with Gasteiger partial charge in [0.1, 0.15) is 5.69 Å². The van der Waals surface area contributed by atoms with Crippen molar-refractivity contribution in [1.29, 1.82) is 0 Å². The van der Waals surface area contributed by atoms with Gasteiger partial charge in [-0.3, -0.25) is 4.79 Å². The van der Waals surface area contributed by atoms with Crippen LogP contribution in [0.1, 0.15) is 26.6 Å². The highest BCUT2D eigenvalue weighted by molar-refractivity contribution is 7.09. The number of nitrogens with zero attached hydrogens (tertiary/aromatic N) is 1. The van der Waals surface area contributed by atoms with Crippen LogP contribution in [0, 0.1) is 5.82 Å². The molecule has 0 aliphatic rings. The van der Waals surface area contributed by atoms with Crippen LogP contribution in [0.15, 0.2) is 53.9 Å². The Balaban J connectivity index is 1.53. The molecule has 0 radical (unpaired) electrons. The molecule has 0 fully saturated rings. The topological polar surface area (TPSA) is 51.2 Å². The van der Waals surface area contributed by atoms with Crippen molar-refractivity contribution in [3.8, 4) is 5.75 Å². The van der Waals surface area contributed by atoms with E-state index in [9.17, 15) is 9.18 Å². The molecule has 0 saturated carbocycles. The quantitative estimate of drug-likeness (QED) is 0.684. The zero-order valence-electron chi connectivity index (χ0n) is 14.4. The average molecular weight is 370 g/mol. The van der Waals surface area contributed by atoms with Gasteiger partial charge in [-0.05, 0) is 29.7 Å². The Bertz CT molecular complexity index is 881. The maximum atomic E-state index is 13.7. The normalized spacial score (nSPS) is 10.5. The molecule has 1 N–H and O–H groups in total. The number of hydrogen-bond acceptors (Lipinski definition) is 4. The molecule has 1 aromatic heterocycles. The molecule has 26 heavy (non-hydrogen) atoms. The molecule has 0 spiro atoms. The summed E-state index contributed by atoms with van der Waals surface area (Å²) in [7, 11) is 1.41. The molecule has 6 heteroatoms. The Hall–Kier alpha value is -2.73. The summed E-state index contributed by atoms with van der Waals surface area (Å²) in [6, 6.07) is 14.8. The molecular weight excluding hydrogens is 351 g/mol. The van der Waals surface area contributed by atoms with Crippen LogP contribution in [0.5, 0.6) is 5.75 Å². The average Bonchev–Trinajstić information content (AvgIpc) is 3.14. The minimum atomic E-state index is -0.448. The van der Waals surface area contributed by atoms with Crippen molar-refractivity contribution in [2.45, 2.75) is 19.4 Å². The molecule has 2 aromatic carbocycles. The first-order chi connectivity index (χ1) is 12.7. The minimum Gasteiger partial charge on any atom is -0.494 e. The van der Waals surface area contributed by atoms with Gasteiger partial charge in [-0.2, -0.15) is 0 Å². The molecule has 0 unspecified atom stereocenters. The first-order valence-electron chi connectivity index (χ1n) is 8.24. The van der Waals surface area contributed by atoms with Gasteiger partial charge in [-0.25, -0.2) is 9.37 Å². The Morgan fingerprint density at radius 1 is 1.15 bits per heavy atom. The van der Waals surface area contributed by atoms with E-state index in [1.165, 1.54) is 30.1 Å². The molecule has 1 heterocycles. The van der Waals surface area contributed by atoms with E-state index in [0.717, 1.165) is 17.8 Å². The largest absolute Gasteiger partial charge is 0.494 e. The van der Waals surface area contributed by atoms with Crippen molar-refractivity contribution in [3.05, 3.63) is 81.6 Å². The van der Waals surface area contributed by atoms with Gasteiger partial charge >= 0.3 is 0 Å². The number of rotatable bonds is 7. The number of nitrogens with one attached hydrogen (secondary N) is 1. The van der Waals surface area contributed by atoms with Crippen LogP contribution in [-0.4, -0.2) is 18.0 Å². The third kappa shape index (κ3) is 4.67. The van der Waals surface area contributed by atoms with Gasteiger partial charge in [-0.1, -0.05) is 36.4 Å². The number of carbonyl (C=O) groups is 1. The lowest BCUT2D eigenvalue weighted by Gasteiger charge is -2.06. The Morgan fingerprint density at radius 3 is 2.69 bits per heavy atom. The third-order valence-electron chi connectivity index (χ3n) is 3.92. The van der Waals surface area contributed by atoms with E-state index >= 15 is 0 Å². The van der Waals surface area contributed by atoms with Gasteiger partial charge in [-0.15, -0.1) is 11.3 Å². The van der Waals surface area contributed by atoms with Gasteiger partial charge in [0.15, 0.2) is 11.6 Å². The van der Waals surface area contributed by atoms with Crippen LogP contribution in [0.2, 0.25) is 0 Å². The molecule has 0 aliphatic carbocycles. The van der Waals surface area contributed by atoms with Crippen LogP contribution < -0.4 is 10.1 Å². The van der Waals surface area contributed by atoms with Crippen molar-refractivity contribution >= 4 is 17.2 Å². The second kappa shape index (κ2) is 8.58. The number of amides is 1. The highest BCUT2D eigenvalue weighted by atomic mass is 32.1. The van der Waals surface area contributed by atoms with Gasteiger partial charge in [0.2, 0.25) is 0 Å². The zero-order chi connectivity index (χ0) is 18.4. The lowest BCUT2D eigenvalue weighted by molar-refractivity contribution is 0.0946. The summed E-state index contributed by atoms with van der Waals surface area (Å²) in [5.41, 5.74) is 2.30. The summed E-state index contributed by atoms with van der Waals surface area (Å²) in [4.78, 5) is 16.6. The maximum Gasteiger partial charge on any atom is 0.271 e. The third-order valence-corrected chi connectivity index (χ3v) is 4.83. The molecular formula is C20H19FN2O2S. The Labute approximate surface area is 155 Å². The summed E-state index contributed by atoms with van der Waals surface area (Å²) in [6.07, 6.45) is 1.69. The van der Waals surface area contributed by atoms with Crippen LogP contribution in [0.3, 0.4) is 0 Å². The van der Waals surface area contributed by atoms with Crippen LogP contribution in [0.25, 0.3) is 0 Å². The Kier molecular flexibility index (Phi) is 5.96. The van der Waals surface area contributed by atoms with Gasteiger partial charge in [0.05, 0.1) is 12.1 Å². The number of halogens is 1. The van der Waals surface area contributed by atoms with E-state index in [1.807, 2.05) is 18.2 Å². The predicted molar refractivity (Wildman–Crippen MR) is 100 cm³/mol. The molecule has 0 atom stereocenters. The molecule has 0 aliphatic heterocycles. The van der Waals surface area contributed by atoms with E-state index in [4.69, 9.17) is 4.74 Å². The lowest BCUT2D eigenvalue weighted by Crippen LogP contribution is -2.23. The number of ether oxygens (including phenoxy) is 1. The molecule has 1 amide bonds. The number of aromatic nitrogens is 1. The SMILES string of the molecule is COc1ccc(CNC(=O)c2csc(CCc3ccccc3)n2)cc1F. The summed E-state index contributed by atoms with van der Waals surface area (Å²) in [6.45, 7) is 0.233. The summed E-state index contributed by atoms with van der Waals surface area (Å²) >= 11 is 1.48. The Morgan fingerprint density at radius 2 is 1.96 bits per heavy atom. The van der Waals surface area contributed by atoms with Gasteiger partial charge in [0, 0.05) is 18.3 Å². The number of thiazole rings is 1. The number of carbonyl (C=O) groups excluding carboxylic acids is 1. The first-order valence-corrected chi connectivity index (χ1v) is 9.12. The fourth-order valence-electron chi connectivity index (χ4n) is 2.52. The van der Waals surface area contributed by atoms with E-state index in [1.54, 1.807) is 17.5 Å². The summed E-state index contributed by atoms with van der Waals surface area (Å²) in [5.74, 6) is -0.526. The lowest BCUT2D eigenvalue weighted by atomic mass is 10.1. The molecule has 4 nitrogen and oxygen atoms in total. The monoisotopic (exact) mass is 370 g/mol. The smallest absolute Gasteiger partial charge is 0.271 e. The van der Waals surface area contributed by atoms with E-state index in [2.05, 4.69) is 22.4 Å². The van der Waals surface area contributed by atoms with E-state index in [-0.39, 0.29) is 18.2 Å². The predicted octanol–water partition coefficient (Wildman–Crippen LogP) is 4.01. The maximum absolute atomic E-state index is 13.7. The summed E-state index contributed by atoms with van der Waals surface area (Å²) in [5, 5.41) is 5.44. The van der Waals surface area contributed by atoms with Crippen LogP contribution in [0.4, 0.5) is 4.39 Å². The zero-order valence-corrected chi connectivity index (χ0v) is 15.2. The molecule has 3 aromatic rings. The van der Waals surface area contributed by atoms with E-state index in [0.29, 0.717) is 11.3 Å².